The van der Waals surface area contributed by atoms with E-state index in [4.69, 9.17) is 9.84 Å². The smallest absolute Gasteiger partial charge is 0.321 e. The predicted octanol–water partition coefficient (Wildman–Crippen LogP) is 2.55. The third kappa shape index (κ3) is 3.87. The number of hydrogen-bond acceptors (Lipinski definition) is 3. The highest BCUT2D eigenvalue weighted by Gasteiger charge is 2.31. The Morgan fingerprint density at radius 2 is 2.18 bits per heavy atom. The highest BCUT2D eigenvalue weighted by Crippen LogP contribution is 2.27. The lowest BCUT2D eigenvalue weighted by molar-refractivity contribution is -0.141. The average Bonchev–Trinajstić information content (AvgIpc) is 2.91. The molecule has 2 rings (SSSR count). The Morgan fingerprint density at radius 1 is 1.45 bits per heavy atom. The van der Waals surface area contributed by atoms with Crippen LogP contribution in [0, 0.1) is 11.7 Å². The highest BCUT2D eigenvalue weighted by atomic mass is 19.1. The van der Waals surface area contributed by atoms with Gasteiger partial charge < -0.3 is 20.1 Å². The van der Waals surface area contributed by atoms with E-state index in [0.29, 0.717) is 18.7 Å². The largest absolute Gasteiger partial charge is 0.489 e. The lowest BCUT2D eigenvalue weighted by Gasteiger charge is -2.19. The number of ether oxygens (including phenoxy) is 1. The van der Waals surface area contributed by atoms with Gasteiger partial charge in [-0.15, -0.1) is 0 Å². The molecule has 1 aromatic carbocycles. The van der Waals surface area contributed by atoms with Crippen LogP contribution in [0.3, 0.4) is 0 Å². The van der Waals surface area contributed by atoms with Gasteiger partial charge in [0.15, 0.2) is 0 Å². The van der Waals surface area contributed by atoms with Crippen molar-refractivity contribution in [1.29, 1.82) is 0 Å². The number of anilines is 1. The van der Waals surface area contributed by atoms with Crippen LogP contribution in [0.2, 0.25) is 0 Å². The van der Waals surface area contributed by atoms with Crippen molar-refractivity contribution in [3.63, 3.8) is 0 Å². The Kier molecular flexibility index (Phi) is 4.85. The fourth-order valence-electron chi connectivity index (χ4n) is 2.29. The first-order valence-corrected chi connectivity index (χ1v) is 7.11. The quantitative estimate of drug-likeness (QED) is 0.896. The minimum atomic E-state index is -0.902. The first-order valence-electron chi connectivity index (χ1n) is 7.11. The Morgan fingerprint density at radius 3 is 2.77 bits per heavy atom. The zero-order valence-corrected chi connectivity index (χ0v) is 12.5. The molecule has 0 aromatic heterocycles. The van der Waals surface area contributed by atoms with E-state index in [9.17, 15) is 14.0 Å². The molecule has 1 aliphatic heterocycles. The van der Waals surface area contributed by atoms with Crippen LogP contribution in [0.5, 0.6) is 5.75 Å². The molecule has 0 saturated carbocycles. The zero-order chi connectivity index (χ0) is 16.3. The molecule has 1 fully saturated rings. The van der Waals surface area contributed by atoms with Crippen LogP contribution in [-0.2, 0) is 4.79 Å². The summed E-state index contributed by atoms with van der Waals surface area (Å²) in [5.74, 6) is -1.65. The van der Waals surface area contributed by atoms with E-state index in [2.05, 4.69) is 5.32 Å². The number of amides is 2. The van der Waals surface area contributed by atoms with Gasteiger partial charge in [-0.2, -0.15) is 0 Å². The highest BCUT2D eigenvalue weighted by molar-refractivity contribution is 5.91. The lowest BCUT2D eigenvalue weighted by Crippen LogP contribution is -2.34. The summed E-state index contributed by atoms with van der Waals surface area (Å²) in [6, 6.07) is 3.45. The molecule has 1 aromatic rings. The standard InChI is InChI=1S/C15H19FN2O4/c1-9(2)22-13-7-11(16)3-4-12(13)17-15(21)18-6-5-10(8-18)14(19)20/h3-4,7,9-10H,5-6,8H2,1-2H3,(H,17,21)(H,19,20). The Bertz CT molecular complexity index is 577. The van der Waals surface area contributed by atoms with E-state index in [-0.39, 0.29) is 18.4 Å². The van der Waals surface area contributed by atoms with Gasteiger partial charge in [0.25, 0.3) is 0 Å². The molecule has 1 saturated heterocycles. The van der Waals surface area contributed by atoms with E-state index in [1.165, 1.54) is 23.1 Å². The lowest BCUT2D eigenvalue weighted by atomic mass is 10.1. The van der Waals surface area contributed by atoms with Crippen molar-refractivity contribution >= 4 is 17.7 Å². The topological polar surface area (TPSA) is 78.9 Å². The van der Waals surface area contributed by atoms with Crippen molar-refractivity contribution < 1.29 is 23.8 Å². The Hall–Kier alpha value is -2.31. The first-order chi connectivity index (χ1) is 10.4. The van der Waals surface area contributed by atoms with Gasteiger partial charge in [0.2, 0.25) is 0 Å². The summed E-state index contributed by atoms with van der Waals surface area (Å²) in [7, 11) is 0. The van der Waals surface area contributed by atoms with Crippen LogP contribution in [-0.4, -0.2) is 41.2 Å². The average molecular weight is 310 g/mol. The van der Waals surface area contributed by atoms with E-state index in [1.54, 1.807) is 13.8 Å². The predicted molar refractivity (Wildman–Crippen MR) is 78.5 cm³/mol. The maximum atomic E-state index is 13.3. The normalized spacial score (nSPS) is 17.6. The number of hydrogen-bond donors (Lipinski definition) is 2. The number of nitrogens with one attached hydrogen (secondary N) is 1. The number of carboxylic acid groups (broad SMARTS) is 1. The minimum Gasteiger partial charge on any atom is -0.489 e. The summed E-state index contributed by atoms with van der Waals surface area (Å²) in [5.41, 5.74) is 0.360. The fourth-order valence-corrected chi connectivity index (χ4v) is 2.29. The molecule has 1 aliphatic rings. The van der Waals surface area contributed by atoms with Gasteiger partial charge >= 0.3 is 12.0 Å². The second-order valence-electron chi connectivity index (χ2n) is 5.51. The molecule has 0 spiro atoms. The van der Waals surface area contributed by atoms with Crippen LogP contribution in [0.15, 0.2) is 18.2 Å². The third-order valence-corrected chi connectivity index (χ3v) is 3.37. The van der Waals surface area contributed by atoms with Crippen molar-refractivity contribution in [2.75, 3.05) is 18.4 Å². The van der Waals surface area contributed by atoms with Gasteiger partial charge in [0.05, 0.1) is 17.7 Å². The van der Waals surface area contributed by atoms with Gasteiger partial charge in [-0.1, -0.05) is 0 Å². The number of carboxylic acids is 1. The van der Waals surface area contributed by atoms with Crippen molar-refractivity contribution in [3.8, 4) is 5.75 Å². The zero-order valence-electron chi connectivity index (χ0n) is 12.5. The Labute approximate surface area is 127 Å². The van der Waals surface area contributed by atoms with E-state index in [1.807, 2.05) is 0 Å². The number of halogens is 1. The number of benzene rings is 1. The molecule has 0 aliphatic carbocycles. The molecule has 2 amide bonds. The van der Waals surface area contributed by atoms with Crippen LogP contribution >= 0.6 is 0 Å². The fraction of sp³-hybridized carbons (Fsp3) is 0.467. The molecule has 2 N–H and O–H groups in total. The number of urea groups is 1. The number of carbonyl (C=O) groups excluding carboxylic acids is 1. The van der Waals surface area contributed by atoms with Crippen LogP contribution in [0.4, 0.5) is 14.9 Å². The number of carbonyl (C=O) groups is 2. The van der Waals surface area contributed by atoms with E-state index in [0.717, 1.165) is 0 Å². The van der Waals surface area contributed by atoms with Gasteiger partial charge in [-0.3, -0.25) is 4.79 Å². The molecule has 0 radical (unpaired) electrons. The second-order valence-corrected chi connectivity index (χ2v) is 5.51. The van der Waals surface area contributed by atoms with Gasteiger partial charge in [-0.25, -0.2) is 9.18 Å². The molecule has 120 valence electrons. The van der Waals surface area contributed by atoms with Crippen molar-refractivity contribution in [2.24, 2.45) is 5.92 Å². The number of likely N-dealkylation sites (tertiary alicyclic amines) is 1. The van der Waals surface area contributed by atoms with Gasteiger partial charge in [0.1, 0.15) is 11.6 Å². The molecule has 1 unspecified atom stereocenters. The first kappa shape index (κ1) is 16.1. The van der Waals surface area contributed by atoms with Crippen molar-refractivity contribution in [3.05, 3.63) is 24.0 Å². The molecule has 1 atom stereocenters. The van der Waals surface area contributed by atoms with Crippen LogP contribution in [0.1, 0.15) is 20.3 Å². The summed E-state index contributed by atoms with van der Waals surface area (Å²) in [5, 5.41) is 11.6. The summed E-state index contributed by atoms with van der Waals surface area (Å²) in [6.07, 6.45) is 0.266. The summed E-state index contributed by atoms with van der Waals surface area (Å²) < 4.78 is 18.8. The summed E-state index contributed by atoms with van der Waals surface area (Å²) >= 11 is 0. The minimum absolute atomic E-state index is 0.166. The number of nitrogens with zero attached hydrogens (tertiary/aromatic N) is 1. The summed E-state index contributed by atoms with van der Waals surface area (Å²) in [6.45, 7) is 4.15. The van der Waals surface area contributed by atoms with Crippen molar-refractivity contribution in [1.82, 2.24) is 4.90 Å². The Balaban J connectivity index is 2.07. The van der Waals surface area contributed by atoms with Gasteiger partial charge in [0, 0.05) is 19.2 Å². The monoisotopic (exact) mass is 310 g/mol. The maximum absolute atomic E-state index is 13.3. The SMILES string of the molecule is CC(C)Oc1cc(F)ccc1NC(=O)N1CCC(C(=O)O)C1. The second kappa shape index (κ2) is 6.64. The molecule has 6 nitrogen and oxygen atoms in total. The molecular weight excluding hydrogens is 291 g/mol. The third-order valence-electron chi connectivity index (χ3n) is 3.37. The summed E-state index contributed by atoms with van der Waals surface area (Å²) in [4.78, 5) is 24.5. The van der Waals surface area contributed by atoms with Crippen LogP contribution < -0.4 is 10.1 Å². The molecule has 0 bridgehead atoms. The number of aliphatic carboxylic acids is 1. The van der Waals surface area contributed by atoms with Crippen LogP contribution in [0.25, 0.3) is 0 Å². The van der Waals surface area contributed by atoms with Crippen molar-refractivity contribution in [2.45, 2.75) is 26.4 Å². The van der Waals surface area contributed by atoms with Gasteiger partial charge in [-0.05, 0) is 32.4 Å². The molecule has 1 heterocycles. The number of rotatable bonds is 4. The van der Waals surface area contributed by atoms with E-state index < -0.39 is 23.7 Å². The maximum Gasteiger partial charge on any atom is 0.321 e. The molecule has 7 heteroatoms. The molecular formula is C15H19FN2O4. The molecule has 22 heavy (non-hydrogen) atoms. The van der Waals surface area contributed by atoms with E-state index >= 15 is 0 Å².